The quantitative estimate of drug-likeness (QED) is 0.247. The van der Waals surface area contributed by atoms with Crippen LogP contribution in [0.25, 0.3) is 11.1 Å². The first kappa shape index (κ1) is 39.3. The number of hydrogen-bond donors (Lipinski definition) is 0. The van der Waals surface area contributed by atoms with Crippen LogP contribution in [-0.2, 0) is 47.9 Å². The molecular formula is C45H54Cl2Zr-2. The Kier molecular flexibility index (Phi) is 12.6. The van der Waals surface area contributed by atoms with E-state index in [-0.39, 0.29) is 35.6 Å². The molecule has 254 valence electrons. The molecule has 1 atom stereocenters. The number of rotatable bonds is 3. The normalized spacial score (nSPS) is 27.0. The molecular weight excluding hydrogens is 703 g/mol. The monoisotopic (exact) mass is 754 g/mol. The van der Waals surface area contributed by atoms with Gasteiger partial charge in [-0.2, -0.15) is 29.8 Å². The SMILES string of the molecule is CC(C)(C)c1[c-]c2c(cc1)-c1ccc(C(C)(C)C)cc1C2.CC1(C23CC4CC(CC(C4)C2)C3)C=[C-]C=C1.[Cl-].[Cl-].[Zr+2]=[CH]Cc1ccccc1. The Bertz CT molecular complexity index is 1510. The molecule has 1 unspecified atom stereocenters. The van der Waals surface area contributed by atoms with E-state index in [2.05, 4.69) is 137 Å². The van der Waals surface area contributed by atoms with E-state index in [1.54, 1.807) is 19.3 Å². The Labute approximate surface area is 319 Å². The molecule has 4 saturated carbocycles. The number of halogens is 2. The van der Waals surface area contributed by atoms with Crippen LogP contribution >= 0.6 is 0 Å². The van der Waals surface area contributed by atoms with Gasteiger partial charge in [-0.05, 0) is 90.1 Å². The molecule has 0 aliphatic heterocycles. The van der Waals surface area contributed by atoms with Crippen molar-refractivity contribution in [1.82, 2.24) is 0 Å². The van der Waals surface area contributed by atoms with E-state index < -0.39 is 0 Å². The van der Waals surface area contributed by atoms with Crippen molar-refractivity contribution in [3.8, 4) is 11.1 Å². The predicted octanol–water partition coefficient (Wildman–Crippen LogP) is 5.38. The molecule has 0 amide bonds. The molecule has 0 spiro atoms. The Morgan fingerprint density at radius 3 is 1.92 bits per heavy atom. The van der Waals surface area contributed by atoms with Crippen LogP contribution in [0.2, 0.25) is 0 Å². The summed E-state index contributed by atoms with van der Waals surface area (Å²) in [5.41, 5.74) is 11.1. The van der Waals surface area contributed by atoms with Crippen molar-refractivity contribution in [2.24, 2.45) is 28.6 Å². The zero-order valence-electron chi connectivity index (χ0n) is 30.2. The van der Waals surface area contributed by atoms with Crippen molar-refractivity contribution in [3.05, 3.63) is 119 Å². The Morgan fingerprint density at radius 1 is 0.792 bits per heavy atom. The molecule has 0 N–H and O–H groups in total. The fraction of sp³-hybridized carbons (Fsp3) is 0.489. The maximum absolute atomic E-state index is 3.67. The minimum atomic E-state index is 0. The van der Waals surface area contributed by atoms with E-state index in [0.29, 0.717) is 10.8 Å². The molecule has 3 aromatic carbocycles. The Hall–Kier alpha value is -1.53. The zero-order valence-corrected chi connectivity index (χ0v) is 34.2. The molecule has 4 fully saturated rings. The third kappa shape index (κ3) is 8.33. The van der Waals surface area contributed by atoms with Gasteiger partial charge in [0.05, 0.1) is 0 Å². The standard InChI is InChI=1S/C21H25.C16H21.C8H8.2ClH.Zr/c1-20(2,3)16-7-9-18-14(12-16)11-15-13-17(21(4,5)6)8-10-19(15)18;1-15(4-2-3-5-15)16-9-12-6-13(10-16)8-14(7-12)11-16;1-2-8-6-4-3-5-7-8;;;/h7-10,12H,11H2,1-6H3;2,4-5,12-14H,6-11H2,1H3;1,3-7H,2H2;2*1H;/q2*-1;;;;+2/p-2. The average molecular weight is 757 g/mol. The molecule has 48 heavy (non-hydrogen) atoms. The first-order valence-electron chi connectivity index (χ1n) is 17.8. The molecule has 0 aromatic heterocycles. The van der Waals surface area contributed by atoms with Gasteiger partial charge in [0.2, 0.25) is 0 Å². The number of benzene rings is 3. The molecule has 0 saturated heterocycles. The van der Waals surface area contributed by atoms with Crippen LogP contribution in [0.4, 0.5) is 0 Å². The molecule has 9 rings (SSSR count). The van der Waals surface area contributed by atoms with E-state index in [1.165, 1.54) is 82.4 Å². The second-order valence-corrected chi connectivity index (χ2v) is 18.3. The van der Waals surface area contributed by atoms with Crippen molar-refractivity contribution in [2.75, 3.05) is 0 Å². The van der Waals surface area contributed by atoms with E-state index in [0.717, 1.165) is 30.6 Å². The van der Waals surface area contributed by atoms with Crippen LogP contribution in [0.15, 0.2) is 78.9 Å². The van der Waals surface area contributed by atoms with Crippen LogP contribution in [0.5, 0.6) is 0 Å². The molecule has 6 aliphatic carbocycles. The molecule has 0 radical (unpaired) electrons. The van der Waals surface area contributed by atoms with Crippen molar-refractivity contribution in [1.29, 1.82) is 0 Å². The van der Waals surface area contributed by atoms with E-state index >= 15 is 0 Å². The van der Waals surface area contributed by atoms with Gasteiger partial charge in [0.1, 0.15) is 0 Å². The van der Waals surface area contributed by atoms with Gasteiger partial charge in [0, 0.05) is 0 Å². The van der Waals surface area contributed by atoms with Crippen LogP contribution in [-0.4, -0.2) is 3.71 Å². The third-order valence-corrected chi connectivity index (χ3v) is 12.2. The molecule has 3 aromatic rings. The van der Waals surface area contributed by atoms with Gasteiger partial charge >= 0.3 is 70.3 Å². The van der Waals surface area contributed by atoms with Gasteiger partial charge in [0.25, 0.3) is 0 Å². The minimum absolute atomic E-state index is 0. The van der Waals surface area contributed by atoms with E-state index in [4.69, 9.17) is 0 Å². The molecule has 0 heterocycles. The van der Waals surface area contributed by atoms with Crippen LogP contribution < -0.4 is 24.8 Å². The van der Waals surface area contributed by atoms with Gasteiger partial charge in [-0.15, -0.1) is 11.1 Å². The number of fused-ring (bicyclic) bond motifs is 3. The Balaban J connectivity index is 0.000000171. The second-order valence-electron chi connectivity index (χ2n) is 17.3. The van der Waals surface area contributed by atoms with Crippen LogP contribution in [0.3, 0.4) is 0 Å². The van der Waals surface area contributed by atoms with Crippen molar-refractivity contribution < 1.29 is 49.0 Å². The fourth-order valence-corrected chi connectivity index (χ4v) is 9.93. The van der Waals surface area contributed by atoms with Gasteiger partial charge < -0.3 is 24.8 Å². The van der Waals surface area contributed by atoms with E-state index in [1.807, 2.05) is 6.07 Å². The Morgan fingerprint density at radius 2 is 1.40 bits per heavy atom. The summed E-state index contributed by atoms with van der Waals surface area (Å²) >= 11 is 1.51. The molecule has 0 nitrogen and oxygen atoms in total. The summed E-state index contributed by atoms with van der Waals surface area (Å²) in [6.07, 6.45) is 21.6. The summed E-state index contributed by atoms with van der Waals surface area (Å²) < 4.78 is 2.25. The van der Waals surface area contributed by atoms with Gasteiger partial charge in [-0.3, -0.25) is 6.08 Å². The molecule has 6 aliphatic rings. The molecule has 3 heteroatoms. The molecule has 4 bridgehead atoms. The van der Waals surface area contributed by atoms with Gasteiger partial charge in [0.15, 0.2) is 0 Å². The summed E-state index contributed by atoms with van der Waals surface area (Å²) in [5.74, 6) is 3.18. The van der Waals surface area contributed by atoms with Crippen LogP contribution in [0.1, 0.15) is 115 Å². The second kappa shape index (κ2) is 15.4. The first-order valence-corrected chi connectivity index (χ1v) is 19.2. The van der Waals surface area contributed by atoms with Gasteiger partial charge in [-0.25, -0.2) is 12.2 Å². The summed E-state index contributed by atoms with van der Waals surface area (Å²) in [4.78, 5) is 0. The van der Waals surface area contributed by atoms with Crippen LogP contribution in [0, 0.1) is 40.7 Å². The first-order chi connectivity index (χ1) is 21.8. The van der Waals surface area contributed by atoms with Crippen molar-refractivity contribution in [2.45, 2.75) is 111 Å². The van der Waals surface area contributed by atoms with Gasteiger partial charge in [-0.1, -0.05) is 77.6 Å². The zero-order chi connectivity index (χ0) is 32.7. The van der Waals surface area contributed by atoms with Crippen molar-refractivity contribution in [3.63, 3.8) is 0 Å². The average Bonchev–Trinajstić information content (AvgIpc) is 3.61. The summed E-state index contributed by atoms with van der Waals surface area (Å²) in [6, 6.07) is 25.7. The fourth-order valence-electron chi connectivity index (χ4n) is 9.35. The predicted molar refractivity (Wildman–Crippen MR) is 193 cm³/mol. The summed E-state index contributed by atoms with van der Waals surface area (Å²) in [6.45, 7) is 16.1. The number of hydrogen-bond acceptors (Lipinski definition) is 0. The van der Waals surface area contributed by atoms with Crippen molar-refractivity contribution >= 4 is 3.71 Å². The summed E-state index contributed by atoms with van der Waals surface area (Å²) in [5, 5.41) is 0. The maximum atomic E-state index is 3.67. The number of allylic oxidation sites excluding steroid dienone is 4. The van der Waals surface area contributed by atoms with E-state index in [9.17, 15) is 0 Å². The summed E-state index contributed by atoms with van der Waals surface area (Å²) in [7, 11) is 0. The topological polar surface area (TPSA) is 0 Å². The third-order valence-electron chi connectivity index (χ3n) is 11.7.